The highest BCUT2D eigenvalue weighted by Gasteiger charge is 2.35. The number of carboxylic acids is 1. The maximum atomic E-state index is 13.9. The molecule has 0 unspecified atom stereocenters. The number of rotatable bonds is 5. The third kappa shape index (κ3) is 4.56. The Kier molecular flexibility index (Phi) is 6.21. The van der Waals surface area contributed by atoms with Crippen LogP contribution in [0.2, 0.25) is 5.02 Å². The zero-order chi connectivity index (χ0) is 25.6. The van der Waals surface area contributed by atoms with Crippen molar-refractivity contribution in [2.45, 2.75) is 31.5 Å². The lowest BCUT2D eigenvalue weighted by Crippen LogP contribution is -2.35. The van der Waals surface area contributed by atoms with Gasteiger partial charge in [-0.25, -0.2) is 4.79 Å². The molecule has 1 saturated heterocycles. The molecule has 2 aliphatic rings. The first-order valence-corrected chi connectivity index (χ1v) is 12.1. The largest absolute Gasteiger partial charge is 0.492 e. The van der Waals surface area contributed by atoms with Crippen LogP contribution in [0.3, 0.4) is 0 Å². The number of anilines is 1. The number of thiazole rings is 1. The van der Waals surface area contributed by atoms with E-state index in [0.29, 0.717) is 46.2 Å². The van der Waals surface area contributed by atoms with Gasteiger partial charge in [0.15, 0.2) is 5.13 Å². The summed E-state index contributed by atoms with van der Waals surface area (Å²) in [6.45, 7) is 0.449. The van der Waals surface area contributed by atoms with Crippen LogP contribution in [0.4, 0.5) is 18.3 Å². The lowest BCUT2D eigenvalue weighted by atomic mass is 9.96. The number of hydrogen-bond donors (Lipinski definition) is 2. The Labute approximate surface area is 211 Å². The molecule has 7 nitrogen and oxygen atoms in total. The van der Waals surface area contributed by atoms with E-state index in [2.05, 4.69) is 15.2 Å². The van der Waals surface area contributed by atoms with Crippen LogP contribution in [-0.4, -0.2) is 40.0 Å². The molecule has 0 amide bonds. The van der Waals surface area contributed by atoms with Gasteiger partial charge in [-0.15, -0.1) is 0 Å². The molecule has 12 heteroatoms. The molecule has 3 heterocycles. The topological polar surface area (TPSA) is 98.4 Å². The molecule has 1 fully saturated rings. The molecule has 0 saturated carbocycles. The third-order valence-corrected chi connectivity index (χ3v) is 7.52. The molecule has 186 valence electrons. The summed E-state index contributed by atoms with van der Waals surface area (Å²) < 4.78 is 41.6. The van der Waals surface area contributed by atoms with E-state index in [4.69, 9.17) is 11.6 Å². The lowest BCUT2D eigenvalue weighted by Gasteiger charge is -2.19. The van der Waals surface area contributed by atoms with Gasteiger partial charge in [0.25, 0.3) is 0 Å². The van der Waals surface area contributed by atoms with Crippen molar-refractivity contribution in [3.63, 3.8) is 0 Å². The summed E-state index contributed by atoms with van der Waals surface area (Å²) in [4.78, 5) is 17.7. The van der Waals surface area contributed by atoms with Crippen molar-refractivity contribution >= 4 is 45.8 Å². The molecular weight excluding hydrogens is 517 g/mol. The predicted molar refractivity (Wildman–Crippen MR) is 129 cm³/mol. The van der Waals surface area contributed by atoms with Gasteiger partial charge in [-0.3, -0.25) is 0 Å². The maximum Gasteiger partial charge on any atom is 0.416 e. The van der Waals surface area contributed by atoms with Gasteiger partial charge >= 0.3 is 12.1 Å². The van der Waals surface area contributed by atoms with E-state index in [1.54, 1.807) is 29.3 Å². The number of nitrogens with zero attached hydrogens (tertiary/aromatic N) is 4. The van der Waals surface area contributed by atoms with Gasteiger partial charge in [-0.1, -0.05) is 35.1 Å². The highest BCUT2D eigenvalue weighted by atomic mass is 35.5. The molecule has 2 aromatic carbocycles. The summed E-state index contributed by atoms with van der Waals surface area (Å²) in [6, 6.07) is 7.93. The number of alkyl halides is 3. The van der Waals surface area contributed by atoms with Crippen molar-refractivity contribution < 1.29 is 28.2 Å². The molecule has 5 rings (SSSR count). The van der Waals surface area contributed by atoms with Crippen LogP contribution >= 0.6 is 22.9 Å². The number of aromatic nitrogens is 1. The van der Waals surface area contributed by atoms with Crippen molar-refractivity contribution in [3.8, 4) is 5.88 Å². The van der Waals surface area contributed by atoms with E-state index >= 15 is 0 Å². The summed E-state index contributed by atoms with van der Waals surface area (Å²) in [6.07, 6.45) is -2.19. The Balaban J connectivity index is 1.68. The van der Waals surface area contributed by atoms with Crippen LogP contribution in [0, 0.1) is 0 Å². The molecule has 0 spiro atoms. The summed E-state index contributed by atoms with van der Waals surface area (Å²) in [7, 11) is 0. The van der Waals surface area contributed by atoms with Gasteiger partial charge in [0.05, 0.1) is 22.0 Å². The number of aromatic hydroxyl groups is 1. The second-order valence-corrected chi connectivity index (χ2v) is 9.83. The molecule has 1 aromatic heterocycles. The summed E-state index contributed by atoms with van der Waals surface area (Å²) in [5.74, 6) is -1.37. The molecule has 1 atom stereocenters. The Bertz CT molecular complexity index is 1520. The van der Waals surface area contributed by atoms with Crippen molar-refractivity contribution in [2.24, 2.45) is 10.2 Å². The van der Waals surface area contributed by atoms with Crippen LogP contribution in [0.15, 0.2) is 46.6 Å². The predicted octanol–water partition coefficient (Wildman–Crippen LogP) is 3.98. The summed E-state index contributed by atoms with van der Waals surface area (Å²) in [5, 5.41) is 29.7. The number of hydrogen-bond acceptors (Lipinski definition) is 7. The average molecular weight is 535 g/mol. The van der Waals surface area contributed by atoms with Crippen molar-refractivity contribution in [1.82, 2.24) is 4.98 Å². The Morgan fingerprint density at radius 3 is 2.78 bits per heavy atom. The number of fused-ring (bicyclic) bond motifs is 1. The normalized spacial score (nSPS) is 17.8. The average Bonchev–Trinajstić information content (AvgIpc) is 3.56. The monoisotopic (exact) mass is 534 g/mol. The van der Waals surface area contributed by atoms with Crippen molar-refractivity contribution in [1.29, 1.82) is 0 Å². The van der Waals surface area contributed by atoms with Crippen LogP contribution < -0.4 is 15.5 Å². The maximum absolute atomic E-state index is 13.9. The van der Waals surface area contributed by atoms with E-state index in [1.807, 2.05) is 0 Å². The second kappa shape index (κ2) is 9.21. The molecule has 3 aromatic rings. The van der Waals surface area contributed by atoms with E-state index in [0.717, 1.165) is 17.4 Å². The Hall–Kier alpha value is -3.44. The molecule has 0 aliphatic carbocycles. The SMILES string of the molecule is O=C(O)[C@H]1CCCN1c1nc(O)c(C(Cc2ccc(Cl)cc2C(F)(F)F)=c2ccc3c(c2)C=NN=3)s1. The second-order valence-electron chi connectivity index (χ2n) is 8.41. The number of carbonyl (C=O) groups is 1. The van der Waals surface area contributed by atoms with E-state index in [-0.39, 0.29) is 27.8 Å². The van der Waals surface area contributed by atoms with Gasteiger partial charge in [-0.2, -0.15) is 28.4 Å². The molecule has 2 N–H and O–H groups in total. The van der Waals surface area contributed by atoms with Gasteiger partial charge in [-0.05, 0) is 53.5 Å². The van der Waals surface area contributed by atoms with Gasteiger partial charge < -0.3 is 15.1 Å². The highest BCUT2D eigenvalue weighted by molar-refractivity contribution is 7.17. The minimum absolute atomic E-state index is 0.0281. The molecular formula is C24H18ClF3N4O3S. The van der Waals surface area contributed by atoms with Crippen molar-refractivity contribution in [2.75, 3.05) is 11.4 Å². The quantitative estimate of drug-likeness (QED) is 0.516. The number of carboxylic acid groups (broad SMARTS) is 1. The summed E-state index contributed by atoms with van der Waals surface area (Å²) in [5.41, 5.74) is 0.185. The first-order valence-electron chi connectivity index (χ1n) is 10.9. The van der Waals surface area contributed by atoms with Crippen molar-refractivity contribution in [3.05, 3.63) is 73.6 Å². The van der Waals surface area contributed by atoms with Crippen LogP contribution in [0.25, 0.3) is 5.57 Å². The first kappa shape index (κ1) is 24.3. The fourth-order valence-corrected chi connectivity index (χ4v) is 5.71. The highest BCUT2D eigenvalue weighted by Crippen LogP contribution is 2.41. The number of aliphatic carboxylic acids is 1. The van der Waals surface area contributed by atoms with Crippen LogP contribution in [0.5, 0.6) is 5.88 Å². The number of benzene rings is 2. The lowest BCUT2D eigenvalue weighted by molar-refractivity contribution is -0.139. The van der Waals surface area contributed by atoms with E-state index in [9.17, 15) is 28.2 Å². The Morgan fingerprint density at radius 1 is 1.22 bits per heavy atom. The zero-order valence-corrected chi connectivity index (χ0v) is 20.0. The van der Waals surface area contributed by atoms with Crippen LogP contribution in [0.1, 0.15) is 34.4 Å². The summed E-state index contributed by atoms with van der Waals surface area (Å²) >= 11 is 6.91. The zero-order valence-electron chi connectivity index (χ0n) is 18.5. The first-order chi connectivity index (χ1) is 17.1. The van der Waals surface area contributed by atoms with Gasteiger partial charge in [0.1, 0.15) is 6.04 Å². The minimum Gasteiger partial charge on any atom is -0.492 e. The fraction of sp³-hybridized carbons (Fsp3) is 0.250. The van der Waals surface area contributed by atoms with Gasteiger partial charge in [0, 0.05) is 23.6 Å². The Morgan fingerprint density at radius 2 is 2.03 bits per heavy atom. The molecule has 36 heavy (non-hydrogen) atoms. The molecule has 0 bridgehead atoms. The standard InChI is InChI=1S/C24H18ClF3N4O3S/c25-15-5-3-13(17(10-15)24(26,27)28)9-16(12-4-6-18-14(8-12)11-29-31-18)20-21(33)30-23(36-20)32-7-1-2-19(32)22(34)35/h3-6,8,10-11,19,33H,1-2,7,9H2,(H,34,35)/t19-/m1/s1. The van der Waals surface area contributed by atoms with E-state index in [1.165, 1.54) is 12.1 Å². The number of halogens is 4. The van der Waals surface area contributed by atoms with Crippen LogP contribution in [-0.2, 0) is 17.4 Å². The fourth-order valence-electron chi connectivity index (χ4n) is 4.43. The molecule has 0 radical (unpaired) electrons. The van der Waals surface area contributed by atoms with E-state index < -0.39 is 23.8 Å². The third-order valence-electron chi connectivity index (χ3n) is 6.14. The minimum atomic E-state index is -4.64. The molecule has 2 aliphatic heterocycles. The smallest absolute Gasteiger partial charge is 0.416 e. The van der Waals surface area contributed by atoms with Gasteiger partial charge in [0.2, 0.25) is 5.88 Å².